The molecule has 3 rings (SSSR count). The summed E-state index contributed by atoms with van der Waals surface area (Å²) in [5.74, 6) is -1.49. The van der Waals surface area contributed by atoms with Gasteiger partial charge >= 0.3 is 0 Å². The lowest BCUT2D eigenvalue weighted by Gasteiger charge is -2.34. The molecule has 12 heteroatoms. The van der Waals surface area contributed by atoms with Gasteiger partial charge in [-0.25, -0.2) is 4.98 Å². The molecule has 3 amide bonds. The van der Waals surface area contributed by atoms with Crippen molar-refractivity contribution in [1.29, 1.82) is 0 Å². The number of allylic oxidation sites excluding steroid dienone is 1. The fourth-order valence-corrected chi connectivity index (χ4v) is 4.56. The second-order valence-corrected chi connectivity index (χ2v) is 11.6. The summed E-state index contributed by atoms with van der Waals surface area (Å²) in [7, 11) is 5.52. The summed E-state index contributed by atoms with van der Waals surface area (Å²) in [6.45, 7) is 7.30. The highest BCUT2D eigenvalue weighted by atomic mass is 35.5. The first-order valence-electron chi connectivity index (χ1n) is 13.0. The van der Waals surface area contributed by atoms with Gasteiger partial charge in [0.2, 0.25) is 5.91 Å². The maximum atomic E-state index is 12.8. The Balaban J connectivity index is 0.000000611. The van der Waals surface area contributed by atoms with Crippen molar-refractivity contribution in [2.24, 2.45) is 11.7 Å². The monoisotopic (exact) mass is 594 g/mol. The molecule has 1 heterocycles. The van der Waals surface area contributed by atoms with E-state index in [9.17, 15) is 19.5 Å². The van der Waals surface area contributed by atoms with Gasteiger partial charge in [0.05, 0.1) is 22.6 Å². The number of nitrogens with two attached hydrogens (primary N) is 1. The average Bonchev–Trinajstić information content (AvgIpc) is 3.39. The lowest BCUT2D eigenvalue weighted by atomic mass is 9.84. The molecular weight excluding hydrogens is 555 g/mol. The number of hydrogen-bond acceptors (Lipinski definition) is 6. The Kier molecular flexibility index (Phi) is 11.6. The van der Waals surface area contributed by atoms with Crippen LogP contribution in [0.15, 0.2) is 35.3 Å². The number of primary amides is 1. The predicted octanol–water partition coefficient (Wildman–Crippen LogP) is 4.70. The summed E-state index contributed by atoms with van der Waals surface area (Å²) < 4.78 is 0. The second-order valence-electron chi connectivity index (χ2n) is 10.8. The molecule has 1 saturated carbocycles. The van der Waals surface area contributed by atoms with Crippen LogP contribution in [0.4, 0.5) is 5.69 Å². The molecule has 0 radical (unpaired) electrons. The van der Waals surface area contributed by atoms with E-state index in [4.69, 9.17) is 28.9 Å². The van der Waals surface area contributed by atoms with E-state index in [-0.39, 0.29) is 35.2 Å². The van der Waals surface area contributed by atoms with E-state index in [1.807, 2.05) is 32.8 Å². The van der Waals surface area contributed by atoms with Crippen LogP contribution in [0, 0.1) is 5.92 Å². The Morgan fingerprint density at radius 2 is 1.73 bits per heavy atom. The van der Waals surface area contributed by atoms with Crippen LogP contribution in [0.25, 0.3) is 0 Å². The predicted molar refractivity (Wildman–Crippen MR) is 158 cm³/mol. The van der Waals surface area contributed by atoms with Crippen molar-refractivity contribution < 1.29 is 19.5 Å². The van der Waals surface area contributed by atoms with Crippen LogP contribution in [0.2, 0.25) is 5.02 Å². The number of benzene rings is 1. The standard InChI is InChI=1S/C22H28ClN5O4.C6H12ClN/c1-22(2,32)13-6-9-15(23)16(10-13)27-20(30)12-4-7-14(8-5-12)28(3)21(31)18-17(19(24)29)25-11-26-18;1-5(2)6(7)8(3)4/h6,9-12,14,32H,4-5,7-8H2,1-3H3,(H2,24,29)(H,25,26)(H,27,30);1-4H3. The van der Waals surface area contributed by atoms with Crippen molar-refractivity contribution in [2.45, 2.75) is 65.0 Å². The van der Waals surface area contributed by atoms with E-state index in [1.54, 1.807) is 44.0 Å². The molecule has 220 valence electrons. The zero-order chi connectivity index (χ0) is 30.4. The van der Waals surface area contributed by atoms with Gasteiger partial charge in [-0.15, -0.1) is 0 Å². The number of halogens is 2. The number of aromatic amines is 1. The first-order valence-corrected chi connectivity index (χ1v) is 13.7. The van der Waals surface area contributed by atoms with Gasteiger partial charge in [0.15, 0.2) is 5.69 Å². The van der Waals surface area contributed by atoms with Gasteiger partial charge in [0.1, 0.15) is 10.9 Å². The summed E-state index contributed by atoms with van der Waals surface area (Å²) in [6, 6.07) is 4.98. The lowest BCUT2D eigenvalue weighted by Crippen LogP contribution is -2.41. The fourth-order valence-electron chi connectivity index (χ4n) is 4.40. The second kappa shape index (κ2) is 14.0. The molecule has 0 spiro atoms. The highest BCUT2D eigenvalue weighted by molar-refractivity contribution is 6.33. The van der Waals surface area contributed by atoms with Gasteiger partial charge < -0.3 is 30.9 Å². The van der Waals surface area contributed by atoms with Gasteiger partial charge in [-0.2, -0.15) is 0 Å². The molecular formula is C28H40Cl2N6O4. The topological polar surface area (TPSA) is 145 Å². The minimum atomic E-state index is -1.05. The van der Waals surface area contributed by atoms with E-state index >= 15 is 0 Å². The minimum Gasteiger partial charge on any atom is -0.386 e. The molecule has 0 unspecified atom stereocenters. The van der Waals surface area contributed by atoms with E-state index < -0.39 is 11.5 Å². The third-order valence-electron chi connectivity index (χ3n) is 6.76. The van der Waals surface area contributed by atoms with E-state index in [0.717, 1.165) is 10.7 Å². The van der Waals surface area contributed by atoms with E-state index in [1.165, 1.54) is 6.33 Å². The van der Waals surface area contributed by atoms with Crippen LogP contribution >= 0.6 is 23.2 Å². The quantitative estimate of drug-likeness (QED) is 0.342. The largest absolute Gasteiger partial charge is 0.386 e. The lowest BCUT2D eigenvalue weighted by molar-refractivity contribution is -0.121. The zero-order valence-electron chi connectivity index (χ0n) is 24.1. The first-order chi connectivity index (χ1) is 18.5. The van der Waals surface area contributed by atoms with Crippen molar-refractivity contribution in [2.75, 3.05) is 26.5 Å². The molecule has 1 aromatic carbocycles. The number of anilines is 1. The summed E-state index contributed by atoms with van der Waals surface area (Å²) in [5.41, 5.74) is 6.47. The van der Waals surface area contributed by atoms with Crippen LogP contribution in [0.5, 0.6) is 0 Å². The van der Waals surface area contributed by atoms with Crippen LogP contribution in [0.1, 0.15) is 79.9 Å². The number of hydrogen-bond donors (Lipinski definition) is 4. The number of nitrogens with one attached hydrogen (secondary N) is 2. The van der Waals surface area contributed by atoms with Crippen molar-refractivity contribution in [3.8, 4) is 0 Å². The Morgan fingerprint density at radius 3 is 2.20 bits per heavy atom. The molecule has 5 N–H and O–H groups in total. The van der Waals surface area contributed by atoms with Crippen molar-refractivity contribution in [3.05, 3.63) is 57.2 Å². The van der Waals surface area contributed by atoms with Gasteiger partial charge in [-0.05, 0) is 76.6 Å². The molecule has 0 atom stereocenters. The van der Waals surface area contributed by atoms with Gasteiger partial charge in [0, 0.05) is 33.1 Å². The summed E-state index contributed by atoms with van der Waals surface area (Å²) in [6.07, 6.45) is 3.74. The van der Waals surface area contributed by atoms with Crippen LogP contribution in [0.3, 0.4) is 0 Å². The van der Waals surface area contributed by atoms with Crippen molar-refractivity contribution in [1.82, 2.24) is 19.8 Å². The smallest absolute Gasteiger partial charge is 0.272 e. The number of amides is 3. The molecule has 40 heavy (non-hydrogen) atoms. The number of rotatable bonds is 7. The maximum Gasteiger partial charge on any atom is 0.272 e. The van der Waals surface area contributed by atoms with Crippen LogP contribution < -0.4 is 11.1 Å². The highest BCUT2D eigenvalue weighted by Gasteiger charge is 2.32. The molecule has 2 aromatic rings. The number of aromatic nitrogens is 2. The Hall–Kier alpha value is -3.08. The first kappa shape index (κ1) is 33.1. The maximum absolute atomic E-state index is 12.8. The molecule has 0 aliphatic heterocycles. The van der Waals surface area contributed by atoms with Gasteiger partial charge in [-0.1, -0.05) is 29.3 Å². The number of carbonyl (C=O) groups excluding carboxylic acids is 3. The van der Waals surface area contributed by atoms with E-state index in [0.29, 0.717) is 42.0 Å². The normalized spacial score (nSPS) is 16.8. The third-order valence-corrected chi connectivity index (χ3v) is 7.80. The highest BCUT2D eigenvalue weighted by Crippen LogP contribution is 2.32. The summed E-state index contributed by atoms with van der Waals surface area (Å²) in [5, 5.41) is 14.3. The Labute approximate surface area is 245 Å². The summed E-state index contributed by atoms with van der Waals surface area (Å²) in [4.78, 5) is 47.0. The molecule has 1 aliphatic carbocycles. The number of nitrogens with zero attached hydrogens (tertiary/aromatic N) is 3. The minimum absolute atomic E-state index is 0.0706. The fraction of sp³-hybridized carbons (Fsp3) is 0.500. The summed E-state index contributed by atoms with van der Waals surface area (Å²) >= 11 is 12.0. The van der Waals surface area contributed by atoms with Crippen LogP contribution in [-0.2, 0) is 10.4 Å². The van der Waals surface area contributed by atoms with Crippen LogP contribution in [-0.4, -0.2) is 69.8 Å². The number of carbonyl (C=O) groups is 3. The number of imidazole rings is 1. The van der Waals surface area contributed by atoms with Crippen molar-refractivity contribution >= 4 is 46.6 Å². The molecule has 0 bridgehead atoms. The number of aliphatic hydroxyl groups is 1. The Morgan fingerprint density at radius 1 is 1.12 bits per heavy atom. The third kappa shape index (κ3) is 8.71. The molecule has 0 saturated heterocycles. The van der Waals surface area contributed by atoms with Gasteiger partial charge in [-0.3, -0.25) is 14.4 Å². The SMILES string of the molecule is CC(C)=C(Cl)N(C)C.CN(C(=O)c1[nH]cnc1C(N)=O)C1CCC(C(=O)Nc2cc(C(C)(C)O)ccc2Cl)CC1. The molecule has 1 aliphatic rings. The zero-order valence-corrected chi connectivity index (χ0v) is 25.7. The van der Waals surface area contributed by atoms with E-state index in [2.05, 4.69) is 15.3 Å². The molecule has 1 aromatic heterocycles. The number of H-pyrrole nitrogens is 1. The molecule has 1 fully saturated rings. The average molecular weight is 596 g/mol. The van der Waals surface area contributed by atoms with Crippen molar-refractivity contribution in [3.63, 3.8) is 0 Å². The molecule has 10 nitrogen and oxygen atoms in total. The van der Waals surface area contributed by atoms with Gasteiger partial charge in [0.25, 0.3) is 11.8 Å². The Bertz CT molecular complexity index is 1240.